The van der Waals surface area contributed by atoms with Crippen molar-refractivity contribution in [3.8, 4) is 11.5 Å². The standard InChI is InChI=1S/C23H23N5O3/c1-2-17-14-20(25-22-15-19(26-28(17)22)21-4-3-11-31-21)23(29)24-16-5-7-18(8-6-16)27-9-12-30-13-10-27/h3-8,11,14-15H,2,9-10,12-13H2,1H3,(H,24,29). The van der Waals surface area contributed by atoms with Gasteiger partial charge < -0.3 is 19.4 Å². The predicted octanol–water partition coefficient (Wildman–Crippen LogP) is 3.64. The normalized spacial score (nSPS) is 14.2. The van der Waals surface area contributed by atoms with E-state index in [-0.39, 0.29) is 5.91 Å². The fourth-order valence-corrected chi connectivity index (χ4v) is 3.72. The number of anilines is 2. The van der Waals surface area contributed by atoms with Crippen molar-refractivity contribution in [1.82, 2.24) is 14.6 Å². The third-order valence-electron chi connectivity index (χ3n) is 5.37. The van der Waals surface area contributed by atoms with Gasteiger partial charge in [-0.2, -0.15) is 5.10 Å². The lowest BCUT2D eigenvalue weighted by atomic mass is 10.2. The number of nitrogens with one attached hydrogen (secondary N) is 1. The molecule has 0 saturated carbocycles. The molecule has 1 aromatic carbocycles. The number of carbonyl (C=O) groups excluding carboxylic acids is 1. The molecule has 0 aliphatic carbocycles. The average Bonchev–Trinajstić information content (AvgIpc) is 3.49. The Balaban J connectivity index is 1.37. The van der Waals surface area contributed by atoms with Gasteiger partial charge in [0.2, 0.25) is 0 Å². The van der Waals surface area contributed by atoms with Gasteiger partial charge in [-0.05, 0) is 48.9 Å². The average molecular weight is 417 g/mol. The lowest BCUT2D eigenvalue weighted by Gasteiger charge is -2.28. The van der Waals surface area contributed by atoms with Crippen LogP contribution in [0.15, 0.2) is 59.2 Å². The van der Waals surface area contributed by atoms with Gasteiger partial charge in [-0.25, -0.2) is 9.50 Å². The van der Waals surface area contributed by atoms with Crippen molar-refractivity contribution in [2.45, 2.75) is 13.3 Å². The van der Waals surface area contributed by atoms with Crippen LogP contribution >= 0.6 is 0 Å². The van der Waals surface area contributed by atoms with Crippen LogP contribution in [0.25, 0.3) is 17.1 Å². The summed E-state index contributed by atoms with van der Waals surface area (Å²) < 4.78 is 12.6. The summed E-state index contributed by atoms with van der Waals surface area (Å²) in [5, 5.41) is 7.53. The molecule has 4 aromatic rings. The molecule has 0 atom stereocenters. The molecule has 4 heterocycles. The van der Waals surface area contributed by atoms with Crippen molar-refractivity contribution < 1.29 is 13.9 Å². The molecule has 0 radical (unpaired) electrons. The first kappa shape index (κ1) is 19.3. The van der Waals surface area contributed by atoms with Gasteiger partial charge in [-0.15, -0.1) is 0 Å². The van der Waals surface area contributed by atoms with Gasteiger partial charge in [0.1, 0.15) is 11.4 Å². The molecule has 0 bridgehead atoms. The molecular formula is C23H23N5O3. The minimum Gasteiger partial charge on any atom is -0.463 e. The highest BCUT2D eigenvalue weighted by atomic mass is 16.5. The highest BCUT2D eigenvalue weighted by Crippen LogP contribution is 2.22. The number of hydrogen-bond donors (Lipinski definition) is 1. The van der Waals surface area contributed by atoms with Crippen LogP contribution in [-0.4, -0.2) is 46.8 Å². The first-order chi connectivity index (χ1) is 15.2. The smallest absolute Gasteiger partial charge is 0.274 e. The van der Waals surface area contributed by atoms with Crippen LogP contribution in [0.3, 0.4) is 0 Å². The molecule has 1 N–H and O–H groups in total. The molecule has 1 amide bonds. The number of ether oxygens (including phenoxy) is 1. The van der Waals surface area contributed by atoms with Crippen LogP contribution < -0.4 is 10.2 Å². The lowest BCUT2D eigenvalue weighted by Crippen LogP contribution is -2.36. The third kappa shape index (κ3) is 3.89. The minimum atomic E-state index is -0.253. The third-order valence-corrected chi connectivity index (χ3v) is 5.37. The van der Waals surface area contributed by atoms with Crippen LogP contribution in [0.4, 0.5) is 11.4 Å². The van der Waals surface area contributed by atoms with Crippen molar-refractivity contribution in [3.05, 3.63) is 66.2 Å². The van der Waals surface area contributed by atoms with Crippen LogP contribution in [0, 0.1) is 0 Å². The summed E-state index contributed by atoms with van der Waals surface area (Å²) in [5.74, 6) is 0.413. The topological polar surface area (TPSA) is 84.9 Å². The Hall–Kier alpha value is -3.65. The van der Waals surface area contributed by atoms with E-state index in [1.165, 1.54) is 0 Å². The summed E-state index contributed by atoms with van der Waals surface area (Å²) in [6.45, 7) is 5.25. The van der Waals surface area contributed by atoms with E-state index in [1.54, 1.807) is 16.8 Å². The molecule has 3 aromatic heterocycles. The Morgan fingerprint density at radius 2 is 1.94 bits per heavy atom. The van der Waals surface area contributed by atoms with Crippen LogP contribution in [0.1, 0.15) is 23.1 Å². The zero-order chi connectivity index (χ0) is 21.2. The van der Waals surface area contributed by atoms with Crippen LogP contribution in [0.5, 0.6) is 0 Å². The van der Waals surface area contributed by atoms with Crippen molar-refractivity contribution in [2.24, 2.45) is 0 Å². The molecule has 8 heteroatoms. The summed E-state index contributed by atoms with van der Waals surface area (Å²) in [6, 6.07) is 15.1. The molecule has 1 aliphatic rings. The SMILES string of the molecule is CCc1cc(C(=O)Nc2ccc(N3CCOCC3)cc2)nc2cc(-c3ccco3)nn12. The van der Waals surface area contributed by atoms with Gasteiger partial charge in [-0.3, -0.25) is 4.79 Å². The number of fused-ring (bicyclic) bond motifs is 1. The molecule has 31 heavy (non-hydrogen) atoms. The fourth-order valence-electron chi connectivity index (χ4n) is 3.72. The molecular weight excluding hydrogens is 394 g/mol. The highest BCUT2D eigenvalue weighted by molar-refractivity contribution is 6.03. The quantitative estimate of drug-likeness (QED) is 0.534. The van der Waals surface area contributed by atoms with Gasteiger partial charge in [0.05, 0.1) is 19.5 Å². The van der Waals surface area contributed by atoms with E-state index in [0.717, 1.165) is 43.4 Å². The summed E-state index contributed by atoms with van der Waals surface area (Å²) in [5.41, 5.74) is 4.40. The van der Waals surface area contributed by atoms with E-state index >= 15 is 0 Å². The van der Waals surface area contributed by atoms with E-state index in [9.17, 15) is 4.79 Å². The zero-order valence-corrected chi connectivity index (χ0v) is 17.2. The van der Waals surface area contributed by atoms with Gasteiger partial charge in [-0.1, -0.05) is 6.92 Å². The van der Waals surface area contributed by atoms with Gasteiger partial charge in [0.15, 0.2) is 11.4 Å². The van der Waals surface area contributed by atoms with E-state index < -0.39 is 0 Å². The largest absolute Gasteiger partial charge is 0.463 e. The summed E-state index contributed by atoms with van der Waals surface area (Å²) in [6.07, 6.45) is 2.32. The van der Waals surface area contributed by atoms with E-state index in [4.69, 9.17) is 9.15 Å². The lowest BCUT2D eigenvalue weighted by molar-refractivity contribution is 0.102. The number of rotatable bonds is 5. The number of aromatic nitrogens is 3. The maximum absolute atomic E-state index is 12.9. The number of amides is 1. The number of morpholine rings is 1. The Labute approximate surface area is 179 Å². The molecule has 1 aliphatic heterocycles. The molecule has 5 rings (SSSR count). The summed E-state index contributed by atoms with van der Waals surface area (Å²) in [4.78, 5) is 19.7. The number of aryl methyl sites for hydroxylation is 1. The Kier molecular flexibility index (Phi) is 5.13. The number of carbonyl (C=O) groups is 1. The second-order valence-corrected chi connectivity index (χ2v) is 7.36. The number of hydrogen-bond acceptors (Lipinski definition) is 6. The molecule has 1 fully saturated rings. The van der Waals surface area contributed by atoms with Crippen molar-refractivity contribution in [1.29, 1.82) is 0 Å². The number of nitrogens with zero attached hydrogens (tertiary/aromatic N) is 4. The number of benzene rings is 1. The van der Waals surface area contributed by atoms with Crippen LogP contribution in [-0.2, 0) is 11.2 Å². The molecule has 0 spiro atoms. The van der Waals surface area contributed by atoms with Gasteiger partial charge >= 0.3 is 0 Å². The number of furan rings is 1. The zero-order valence-electron chi connectivity index (χ0n) is 17.2. The molecule has 158 valence electrons. The van der Waals surface area contributed by atoms with Gasteiger partial charge in [0, 0.05) is 36.2 Å². The molecule has 0 unspecified atom stereocenters. The highest BCUT2D eigenvalue weighted by Gasteiger charge is 2.16. The van der Waals surface area contributed by atoms with Crippen molar-refractivity contribution in [3.63, 3.8) is 0 Å². The van der Waals surface area contributed by atoms with E-state index in [2.05, 4.69) is 20.3 Å². The first-order valence-corrected chi connectivity index (χ1v) is 10.4. The minimum absolute atomic E-state index is 0.253. The second kappa shape index (κ2) is 8.23. The Morgan fingerprint density at radius 1 is 1.13 bits per heavy atom. The predicted molar refractivity (Wildman–Crippen MR) is 117 cm³/mol. The molecule has 8 nitrogen and oxygen atoms in total. The van der Waals surface area contributed by atoms with Crippen LogP contribution in [0.2, 0.25) is 0 Å². The van der Waals surface area contributed by atoms with E-state index in [0.29, 0.717) is 29.2 Å². The Bertz CT molecular complexity index is 1190. The maximum Gasteiger partial charge on any atom is 0.274 e. The fraction of sp³-hybridized carbons (Fsp3) is 0.261. The summed E-state index contributed by atoms with van der Waals surface area (Å²) in [7, 11) is 0. The Morgan fingerprint density at radius 3 is 2.65 bits per heavy atom. The van der Waals surface area contributed by atoms with E-state index in [1.807, 2.05) is 49.4 Å². The first-order valence-electron chi connectivity index (χ1n) is 10.4. The monoisotopic (exact) mass is 417 g/mol. The second-order valence-electron chi connectivity index (χ2n) is 7.36. The maximum atomic E-state index is 12.9. The summed E-state index contributed by atoms with van der Waals surface area (Å²) >= 11 is 0. The van der Waals surface area contributed by atoms with Gasteiger partial charge in [0.25, 0.3) is 5.91 Å². The van der Waals surface area contributed by atoms with Crippen molar-refractivity contribution in [2.75, 3.05) is 36.5 Å². The molecule has 1 saturated heterocycles. The van der Waals surface area contributed by atoms with Crippen molar-refractivity contribution >= 4 is 22.9 Å².